The smallest absolute Gasteiger partial charge is 0.276 e. The van der Waals surface area contributed by atoms with E-state index in [1.807, 2.05) is 31.2 Å². The Morgan fingerprint density at radius 1 is 1.08 bits per heavy atom. The van der Waals surface area contributed by atoms with E-state index in [0.29, 0.717) is 10.7 Å². The van der Waals surface area contributed by atoms with Crippen LogP contribution >= 0.6 is 11.6 Å². The van der Waals surface area contributed by atoms with Gasteiger partial charge in [0.25, 0.3) is 5.91 Å². The first kappa shape index (κ1) is 16.5. The molecule has 0 saturated heterocycles. The fourth-order valence-corrected chi connectivity index (χ4v) is 3.27. The van der Waals surface area contributed by atoms with E-state index in [0.717, 1.165) is 30.0 Å². The van der Waals surface area contributed by atoms with Crippen LogP contribution < -0.4 is 10.2 Å². The van der Waals surface area contributed by atoms with Gasteiger partial charge in [-0.1, -0.05) is 35.9 Å². The molecule has 1 aromatic heterocycles. The van der Waals surface area contributed by atoms with Crippen molar-refractivity contribution in [2.24, 2.45) is 0 Å². The maximum absolute atomic E-state index is 12.4. The molecule has 1 aliphatic rings. The number of carbonyl (C=O) groups is 1. The normalized spacial score (nSPS) is 12.8. The zero-order chi connectivity index (χ0) is 18.1. The lowest BCUT2D eigenvalue weighted by Gasteiger charge is -2.17. The molecule has 0 spiro atoms. The minimum absolute atomic E-state index is 0.264. The molecule has 0 aliphatic carbocycles. The monoisotopic (exact) mass is 364 g/mol. The number of amides is 1. The first-order valence-corrected chi connectivity index (χ1v) is 8.77. The number of hydrogen-bond acceptors (Lipinski definition) is 4. The van der Waals surface area contributed by atoms with Gasteiger partial charge in [-0.15, -0.1) is 10.2 Å². The lowest BCUT2D eigenvalue weighted by atomic mass is 10.2. The molecule has 1 N–H and O–H groups in total. The third-order valence-corrected chi connectivity index (χ3v) is 4.97. The summed E-state index contributed by atoms with van der Waals surface area (Å²) in [6.45, 7) is 2.72. The topological polar surface area (TPSA) is 58.1 Å². The van der Waals surface area contributed by atoms with Crippen molar-refractivity contribution in [3.63, 3.8) is 0 Å². The van der Waals surface area contributed by atoms with Gasteiger partial charge in [0.1, 0.15) is 0 Å². The molecule has 0 atom stereocenters. The van der Waals surface area contributed by atoms with E-state index in [2.05, 4.69) is 32.5 Å². The molecule has 2 heterocycles. The number of nitrogens with one attached hydrogen (secondary N) is 1. The highest BCUT2D eigenvalue weighted by molar-refractivity contribution is 6.31. The summed E-state index contributed by atoms with van der Waals surface area (Å²) >= 11 is 6.09. The first-order chi connectivity index (χ1) is 12.6. The second-order valence-electron chi connectivity index (χ2n) is 6.17. The molecule has 6 heteroatoms. The fraction of sp³-hybridized carbons (Fsp3) is 0.150. The molecule has 4 rings (SSSR count). The number of para-hydroxylation sites is 1. The first-order valence-electron chi connectivity index (χ1n) is 8.39. The van der Waals surface area contributed by atoms with E-state index in [4.69, 9.17) is 11.6 Å². The molecular weight excluding hydrogens is 348 g/mol. The highest BCUT2D eigenvalue weighted by Crippen LogP contribution is 2.32. The van der Waals surface area contributed by atoms with Gasteiger partial charge in [-0.05, 0) is 54.8 Å². The Morgan fingerprint density at radius 3 is 2.73 bits per heavy atom. The molecule has 2 aromatic carbocycles. The highest BCUT2D eigenvalue weighted by Gasteiger charge is 2.21. The Hall–Kier alpha value is -2.92. The van der Waals surface area contributed by atoms with Gasteiger partial charge in [0.05, 0.1) is 0 Å². The van der Waals surface area contributed by atoms with E-state index in [9.17, 15) is 4.79 Å². The van der Waals surface area contributed by atoms with Crippen LogP contribution in [0.3, 0.4) is 0 Å². The number of nitrogens with zero attached hydrogens (tertiary/aromatic N) is 3. The van der Waals surface area contributed by atoms with Gasteiger partial charge in [-0.3, -0.25) is 4.79 Å². The Balaban J connectivity index is 1.53. The van der Waals surface area contributed by atoms with E-state index >= 15 is 0 Å². The number of aromatic nitrogens is 2. The summed E-state index contributed by atoms with van der Waals surface area (Å²) in [6.07, 6.45) is 0.980. The molecule has 0 bridgehead atoms. The van der Waals surface area contributed by atoms with Crippen molar-refractivity contribution >= 4 is 34.7 Å². The third-order valence-electron chi connectivity index (χ3n) is 4.56. The number of carbonyl (C=O) groups excluding carboxylic acids is 1. The SMILES string of the molecule is Cc1c(Cl)cccc1NC(=O)c1ccc(N2CCc3ccccc32)nn1. The predicted molar refractivity (Wildman–Crippen MR) is 103 cm³/mol. The zero-order valence-electron chi connectivity index (χ0n) is 14.2. The second-order valence-corrected chi connectivity index (χ2v) is 6.58. The van der Waals surface area contributed by atoms with E-state index in [1.54, 1.807) is 18.2 Å². The van der Waals surface area contributed by atoms with Gasteiger partial charge in [0, 0.05) is 22.9 Å². The quantitative estimate of drug-likeness (QED) is 0.749. The minimum atomic E-state index is -0.309. The number of anilines is 3. The highest BCUT2D eigenvalue weighted by atomic mass is 35.5. The lowest BCUT2D eigenvalue weighted by molar-refractivity contribution is 0.102. The van der Waals surface area contributed by atoms with Gasteiger partial charge in [-0.2, -0.15) is 0 Å². The molecule has 0 saturated carbocycles. The number of rotatable bonds is 3. The van der Waals surface area contributed by atoms with Crippen LogP contribution in [0.15, 0.2) is 54.6 Å². The van der Waals surface area contributed by atoms with Gasteiger partial charge >= 0.3 is 0 Å². The van der Waals surface area contributed by atoms with Gasteiger partial charge in [-0.25, -0.2) is 0 Å². The summed E-state index contributed by atoms with van der Waals surface area (Å²) in [5.41, 5.74) is 4.20. The molecule has 0 radical (unpaired) electrons. The molecule has 1 amide bonds. The number of fused-ring (bicyclic) bond motifs is 1. The third kappa shape index (κ3) is 3.02. The molecule has 26 heavy (non-hydrogen) atoms. The van der Waals surface area contributed by atoms with Crippen LogP contribution in [0, 0.1) is 6.92 Å². The summed E-state index contributed by atoms with van der Waals surface area (Å²) in [5, 5.41) is 11.8. The van der Waals surface area contributed by atoms with Crippen molar-refractivity contribution in [2.45, 2.75) is 13.3 Å². The van der Waals surface area contributed by atoms with Crippen LogP contribution in [0.5, 0.6) is 0 Å². The molecule has 0 fully saturated rings. The zero-order valence-corrected chi connectivity index (χ0v) is 15.0. The van der Waals surface area contributed by atoms with Crippen LogP contribution in [0.1, 0.15) is 21.6 Å². The number of halogens is 1. The minimum Gasteiger partial charge on any atom is -0.324 e. The molecular formula is C20H17ClN4O. The van der Waals surface area contributed by atoms with Crippen molar-refractivity contribution in [1.29, 1.82) is 0 Å². The summed E-state index contributed by atoms with van der Waals surface area (Å²) < 4.78 is 0. The Bertz CT molecular complexity index is 972. The predicted octanol–water partition coefficient (Wildman–Crippen LogP) is 4.38. The maximum atomic E-state index is 12.4. The molecule has 5 nitrogen and oxygen atoms in total. The summed E-state index contributed by atoms with van der Waals surface area (Å²) in [7, 11) is 0. The molecule has 130 valence electrons. The molecule has 3 aromatic rings. The Kier molecular flexibility index (Phi) is 4.31. The van der Waals surface area contributed by atoms with Gasteiger partial charge < -0.3 is 10.2 Å². The van der Waals surface area contributed by atoms with Crippen LogP contribution in [-0.4, -0.2) is 22.6 Å². The van der Waals surface area contributed by atoms with Crippen molar-refractivity contribution in [1.82, 2.24) is 10.2 Å². The average molecular weight is 365 g/mol. The Labute approximate surface area is 156 Å². The van der Waals surface area contributed by atoms with Crippen LogP contribution in [0.25, 0.3) is 0 Å². The fourth-order valence-electron chi connectivity index (χ4n) is 3.10. The van der Waals surface area contributed by atoms with Crippen LogP contribution in [0.2, 0.25) is 5.02 Å². The number of hydrogen-bond donors (Lipinski definition) is 1. The van der Waals surface area contributed by atoms with E-state index < -0.39 is 0 Å². The van der Waals surface area contributed by atoms with Crippen molar-refractivity contribution in [2.75, 3.05) is 16.8 Å². The van der Waals surface area contributed by atoms with Gasteiger partial charge in [0.15, 0.2) is 11.5 Å². The van der Waals surface area contributed by atoms with Crippen LogP contribution in [0.4, 0.5) is 17.2 Å². The van der Waals surface area contributed by atoms with Crippen LogP contribution in [-0.2, 0) is 6.42 Å². The summed E-state index contributed by atoms with van der Waals surface area (Å²) in [5.74, 6) is 0.432. The standard InChI is InChI=1S/C20H17ClN4O/c1-13-15(21)6-4-7-16(13)22-20(26)17-9-10-19(24-23-17)25-12-11-14-5-2-3-8-18(14)25/h2-10H,11-12H2,1H3,(H,22,26). The largest absolute Gasteiger partial charge is 0.324 e. The summed E-state index contributed by atoms with van der Waals surface area (Å²) in [4.78, 5) is 14.6. The van der Waals surface area contributed by atoms with Crippen molar-refractivity contribution in [3.05, 3.63) is 76.4 Å². The summed E-state index contributed by atoms with van der Waals surface area (Å²) in [6, 6.07) is 17.2. The van der Waals surface area contributed by atoms with E-state index in [-0.39, 0.29) is 11.6 Å². The van der Waals surface area contributed by atoms with Gasteiger partial charge in [0.2, 0.25) is 0 Å². The second kappa shape index (κ2) is 6.77. The van der Waals surface area contributed by atoms with E-state index in [1.165, 1.54) is 5.56 Å². The average Bonchev–Trinajstić information content (AvgIpc) is 3.10. The maximum Gasteiger partial charge on any atom is 0.276 e. The lowest BCUT2D eigenvalue weighted by Crippen LogP contribution is -2.18. The van der Waals surface area contributed by atoms with Crippen molar-refractivity contribution in [3.8, 4) is 0 Å². The number of benzene rings is 2. The molecule has 0 unspecified atom stereocenters. The van der Waals surface area contributed by atoms with Crippen molar-refractivity contribution < 1.29 is 4.79 Å². The molecule has 1 aliphatic heterocycles. The Morgan fingerprint density at radius 2 is 1.92 bits per heavy atom.